The van der Waals surface area contributed by atoms with Gasteiger partial charge < -0.3 is 4.74 Å². The van der Waals surface area contributed by atoms with E-state index in [0.717, 1.165) is 0 Å². The average Bonchev–Trinajstić information content (AvgIpc) is 2.13. The predicted octanol–water partition coefficient (Wildman–Crippen LogP) is 1.87. The highest BCUT2D eigenvalue weighted by molar-refractivity contribution is 5.80. The van der Waals surface area contributed by atoms with Crippen molar-refractivity contribution in [2.45, 2.75) is 38.9 Å². The molecule has 0 radical (unpaired) electrons. The van der Waals surface area contributed by atoms with Crippen molar-refractivity contribution >= 4 is 5.97 Å². The number of carbonyl (C=O) groups is 1. The molecule has 0 fully saturated rings. The van der Waals surface area contributed by atoms with Gasteiger partial charge >= 0.3 is 12.1 Å². The van der Waals surface area contributed by atoms with Gasteiger partial charge in [0.05, 0.1) is 13.2 Å². The number of esters is 1. The molecule has 0 aromatic heterocycles. The van der Waals surface area contributed by atoms with E-state index in [1.54, 1.807) is 13.8 Å². The molecule has 3 nitrogen and oxygen atoms in total. The molecule has 0 spiro atoms. The first-order valence-electron chi connectivity index (χ1n) is 4.74. The van der Waals surface area contributed by atoms with Crippen molar-refractivity contribution in [1.29, 1.82) is 0 Å². The van der Waals surface area contributed by atoms with Crippen LogP contribution in [-0.4, -0.2) is 30.8 Å². The van der Waals surface area contributed by atoms with E-state index in [1.165, 1.54) is 6.92 Å². The van der Waals surface area contributed by atoms with Crippen LogP contribution in [0.5, 0.6) is 0 Å². The zero-order chi connectivity index (χ0) is 12.1. The van der Waals surface area contributed by atoms with Crippen molar-refractivity contribution in [1.82, 2.24) is 5.32 Å². The van der Waals surface area contributed by atoms with Gasteiger partial charge in [0.1, 0.15) is 5.54 Å². The highest BCUT2D eigenvalue weighted by Gasteiger charge is 2.37. The van der Waals surface area contributed by atoms with E-state index in [-0.39, 0.29) is 13.0 Å². The maximum Gasteiger partial charge on any atom is 0.401 e. The molecule has 90 valence electrons. The van der Waals surface area contributed by atoms with Gasteiger partial charge in [-0.2, -0.15) is 13.2 Å². The molecule has 0 aromatic carbocycles. The van der Waals surface area contributed by atoms with Crippen molar-refractivity contribution in [3.05, 3.63) is 0 Å². The zero-order valence-electron chi connectivity index (χ0n) is 9.07. The topological polar surface area (TPSA) is 38.3 Å². The second-order valence-corrected chi connectivity index (χ2v) is 3.37. The molecule has 0 heterocycles. The van der Waals surface area contributed by atoms with Crippen LogP contribution < -0.4 is 5.32 Å². The number of hydrogen-bond acceptors (Lipinski definition) is 3. The van der Waals surface area contributed by atoms with E-state index in [1.807, 2.05) is 0 Å². The van der Waals surface area contributed by atoms with Gasteiger partial charge in [-0.1, -0.05) is 6.92 Å². The van der Waals surface area contributed by atoms with Gasteiger partial charge in [0.15, 0.2) is 0 Å². The van der Waals surface area contributed by atoms with Gasteiger partial charge in [-0.3, -0.25) is 10.1 Å². The number of alkyl halides is 3. The Balaban J connectivity index is 4.37. The van der Waals surface area contributed by atoms with Crippen LogP contribution in [-0.2, 0) is 9.53 Å². The lowest BCUT2D eigenvalue weighted by Gasteiger charge is -2.27. The van der Waals surface area contributed by atoms with Crippen LogP contribution in [0.3, 0.4) is 0 Å². The van der Waals surface area contributed by atoms with Crippen LogP contribution in [0.2, 0.25) is 0 Å². The molecule has 1 atom stereocenters. The van der Waals surface area contributed by atoms with Crippen LogP contribution in [0.1, 0.15) is 27.2 Å². The van der Waals surface area contributed by atoms with Crippen molar-refractivity contribution in [2.24, 2.45) is 0 Å². The summed E-state index contributed by atoms with van der Waals surface area (Å²) in [6.07, 6.45) is -4.09. The molecule has 15 heavy (non-hydrogen) atoms. The van der Waals surface area contributed by atoms with Gasteiger partial charge in [-0.15, -0.1) is 0 Å². The average molecular weight is 227 g/mol. The number of nitrogens with one attached hydrogen (secondary N) is 1. The minimum absolute atomic E-state index is 0.155. The third kappa shape index (κ3) is 5.01. The third-order valence-electron chi connectivity index (χ3n) is 2.11. The fourth-order valence-electron chi connectivity index (χ4n) is 0.927. The second kappa shape index (κ2) is 5.34. The van der Waals surface area contributed by atoms with Crippen LogP contribution in [0, 0.1) is 0 Å². The Kier molecular flexibility index (Phi) is 5.07. The highest BCUT2D eigenvalue weighted by atomic mass is 19.4. The third-order valence-corrected chi connectivity index (χ3v) is 2.11. The summed E-state index contributed by atoms with van der Waals surface area (Å²) in [7, 11) is 0. The van der Waals surface area contributed by atoms with Crippen LogP contribution >= 0.6 is 0 Å². The van der Waals surface area contributed by atoms with Crippen molar-refractivity contribution < 1.29 is 22.7 Å². The Bertz CT molecular complexity index is 218. The molecule has 0 rings (SSSR count). The van der Waals surface area contributed by atoms with Gasteiger partial charge in [-0.05, 0) is 20.3 Å². The molecule has 1 unspecified atom stereocenters. The Morgan fingerprint density at radius 3 is 2.20 bits per heavy atom. The Labute approximate surface area is 87.0 Å². The molecular weight excluding hydrogens is 211 g/mol. The first kappa shape index (κ1) is 14.2. The Morgan fingerprint density at radius 2 is 1.87 bits per heavy atom. The van der Waals surface area contributed by atoms with Crippen molar-refractivity contribution in [2.75, 3.05) is 13.2 Å². The van der Waals surface area contributed by atoms with Gasteiger partial charge in [0, 0.05) is 0 Å². The summed E-state index contributed by atoms with van der Waals surface area (Å²) >= 11 is 0. The summed E-state index contributed by atoms with van der Waals surface area (Å²) in [6.45, 7) is 3.59. The fraction of sp³-hybridized carbons (Fsp3) is 0.889. The molecule has 1 N–H and O–H groups in total. The molecule has 0 bridgehead atoms. The largest absolute Gasteiger partial charge is 0.465 e. The first-order chi connectivity index (χ1) is 6.75. The molecule has 0 aliphatic carbocycles. The van der Waals surface area contributed by atoms with Crippen molar-refractivity contribution in [3.8, 4) is 0 Å². The van der Waals surface area contributed by atoms with E-state index in [0.29, 0.717) is 0 Å². The summed E-state index contributed by atoms with van der Waals surface area (Å²) in [5.41, 5.74) is -1.27. The van der Waals surface area contributed by atoms with Crippen LogP contribution in [0.25, 0.3) is 0 Å². The van der Waals surface area contributed by atoms with Crippen molar-refractivity contribution in [3.63, 3.8) is 0 Å². The molecule has 6 heteroatoms. The van der Waals surface area contributed by atoms with Crippen LogP contribution in [0.4, 0.5) is 13.2 Å². The molecule has 0 aliphatic heterocycles. The number of rotatable bonds is 5. The first-order valence-corrected chi connectivity index (χ1v) is 4.74. The molecule has 0 aromatic rings. The maximum atomic E-state index is 12.0. The molecule has 0 saturated heterocycles. The van der Waals surface area contributed by atoms with E-state index < -0.39 is 24.2 Å². The number of carbonyl (C=O) groups excluding carboxylic acids is 1. The second-order valence-electron chi connectivity index (χ2n) is 3.37. The Hall–Kier alpha value is -0.780. The van der Waals surface area contributed by atoms with Gasteiger partial charge in [-0.25, -0.2) is 0 Å². The molecule has 0 aliphatic rings. The monoisotopic (exact) mass is 227 g/mol. The number of hydrogen-bond donors (Lipinski definition) is 1. The van der Waals surface area contributed by atoms with E-state index in [2.05, 4.69) is 5.32 Å². The zero-order valence-corrected chi connectivity index (χ0v) is 9.07. The lowest BCUT2D eigenvalue weighted by molar-refractivity contribution is -0.155. The number of ether oxygens (including phenoxy) is 1. The summed E-state index contributed by atoms with van der Waals surface area (Å²) < 4.78 is 40.6. The molecule has 0 amide bonds. The normalized spacial score (nSPS) is 15.9. The molecule has 0 saturated carbocycles. The maximum absolute atomic E-state index is 12.0. The quantitative estimate of drug-likeness (QED) is 0.729. The van der Waals surface area contributed by atoms with Gasteiger partial charge in [0.2, 0.25) is 0 Å². The summed E-state index contributed by atoms with van der Waals surface area (Å²) in [5, 5.41) is 2.17. The SMILES string of the molecule is CCOC(=O)C(C)(CC)NCC(F)(F)F. The number of halogens is 3. The van der Waals surface area contributed by atoms with Gasteiger partial charge in [0.25, 0.3) is 0 Å². The fourth-order valence-corrected chi connectivity index (χ4v) is 0.927. The van der Waals surface area contributed by atoms with E-state index >= 15 is 0 Å². The summed E-state index contributed by atoms with van der Waals surface area (Å²) in [5.74, 6) is -0.656. The summed E-state index contributed by atoms with van der Waals surface area (Å²) in [6, 6.07) is 0. The minimum atomic E-state index is -4.33. The van der Waals surface area contributed by atoms with E-state index in [4.69, 9.17) is 4.74 Å². The Morgan fingerprint density at radius 1 is 1.33 bits per heavy atom. The van der Waals surface area contributed by atoms with Crippen LogP contribution in [0.15, 0.2) is 0 Å². The lowest BCUT2D eigenvalue weighted by atomic mass is 9.99. The standard InChI is InChI=1S/C9H16F3NO2/c1-4-8(3,7(14)15-5-2)13-6-9(10,11)12/h13H,4-6H2,1-3H3. The molecular formula is C9H16F3NO2. The highest BCUT2D eigenvalue weighted by Crippen LogP contribution is 2.17. The van der Waals surface area contributed by atoms with E-state index in [9.17, 15) is 18.0 Å². The lowest BCUT2D eigenvalue weighted by Crippen LogP contribution is -2.52. The smallest absolute Gasteiger partial charge is 0.401 e. The predicted molar refractivity (Wildman–Crippen MR) is 49.4 cm³/mol. The summed E-state index contributed by atoms with van der Waals surface area (Å²) in [4.78, 5) is 11.4. The minimum Gasteiger partial charge on any atom is -0.465 e.